The molecule has 0 aliphatic rings. The van der Waals surface area contributed by atoms with Crippen LogP contribution in [0.3, 0.4) is 0 Å². The van der Waals surface area contributed by atoms with E-state index in [4.69, 9.17) is 21.4 Å². The standard InChI is InChI=1S/C11H11ClN2O3S/c1-17-3-2-13-11-14-8-4-6(10(15)16)7(12)5-9(8)18-11/h4-5H,2-3H2,1H3,(H,13,14)(H,15,16). The third-order valence-corrected chi connectivity index (χ3v) is 3.58. The van der Waals surface area contributed by atoms with E-state index in [9.17, 15) is 4.79 Å². The summed E-state index contributed by atoms with van der Waals surface area (Å²) in [4.78, 5) is 15.2. The first-order valence-electron chi connectivity index (χ1n) is 5.18. The Morgan fingerprint density at radius 1 is 1.61 bits per heavy atom. The van der Waals surface area contributed by atoms with Gasteiger partial charge in [-0.25, -0.2) is 9.78 Å². The lowest BCUT2D eigenvalue weighted by Crippen LogP contribution is -2.06. The number of carboxylic acids is 1. The van der Waals surface area contributed by atoms with Crippen LogP contribution in [-0.2, 0) is 4.74 Å². The summed E-state index contributed by atoms with van der Waals surface area (Å²) in [5, 5.41) is 13.0. The highest BCUT2D eigenvalue weighted by Crippen LogP contribution is 2.30. The Balaban J connectivity index is 2.30. The summed E-state index contributed by atoms with van der Waals surface area (Å²) >= 11 is 7.32. The molecule has 5 nitrogen and oxygen atoms in total. The molecule has 0 atom stereocenters. The van der Waals surface area contributed by atoms with Crippen LogP contribution in [0.15, 0.2) is 12.1 Å². The molecule has 1 aromatic heterocycles. The molecule has 0 saturated heterocycles. The number of halogens is 1. The van der Waals surface area contributed by atoms with Crippen molar-refractivity contribution in [3.05, 3.63) is 22.7 Å². The molecule has 2 rings (SSSR count). The zero-order chi connectivity index (χ0) is 13.1. The number of carboxylic acid groups (broad SMARTS) is 1. The lowest BCUT2D eigenvalue weighted by molar-refractivity contribution is 0.0697. The van der Waals surface area contributed by atoms with Crippen LogP contribution in [0.5, 0.6) is 0 Å². The molecule has 1 heterocycles. The van der Waals surface area contributed by atoms with Gasteiger partial charge in [0.25, 0.3) is 0 Å². The molecule has 0 radical (unpaired) electrons. The number of carbonyl (C=O) groups is 1. The molecule has 0 aliphatic carbocycles. The zero-order valence-corrected chi connectivity index (χ0v) is 11.1. The van der Waals surface area contributed by atoms with E-state index >= 15 is 0 Å². The Labute approximate surface area is 112 Å². The van der Waals surface area contributed by atoms with Crippen LogP contribution in [-0.4, -0.2) is 36.3 Å². The number of anilines is 1. The van der Waals surface area contributed by atoms with E-state index in [1.54, 1.807) is 13.2 Å². The highest BCUT2D eigenvalue weighted by atomic mass is 35.5. The Hall–Kier alpha value is -1.37. The smallest absolute Gasteiger partial charge is 0.337 e. The SMILES string of the molecule is COCCNc1nc2cc(C(=O)O)c(Cl)cc2s1. The van der Waals surface area contributed by atoms with E-state index in [0.717, 1.165) is 9.83 Å². The van der Waals surface area contributed by atoms with Crippen LogP contribution < -0.4 is 5.32 Å². The summed E-state index contributed by atoms with van der Waals surface area (Å²) < 4.78 is 5.77. The minimum absolute atomic E-state index is 0.0675. The number of nitrogens with zero attached hydrogens (tertiary/aromatic N) is 1. The summed E-state index contributed by atoms with van der Waals surface area (Å²) in [5.41, 5.74) is 0.694. The van der Waals surface area contributed by atoms with Crippen molar-refractivity contribution < 1.29 is 14.6 Å². The van der Waals surface area contributed by atoms with Gasteiger partial charge < -0.3 is 15.2 Å². The molecule has 0 amide bonds. The second-order valence-electron chi connectivity index (χ2n) is 3.54. The minimum atomic E-state index is -1.05. The Kier molecular flexibility index (Phi) is 4.00. The van der Waals surface area contributed by atoms with Crippen molar-refractivity contribution in [2.75, 3.05) is 25.6 Å². The number of methoxy groups -OCH3 is 1. The molecular formula is C11H11ClN2O3S. The predicted octanol–water partition coefficient (Wildman–Crippen LogP) is 2.71. The van der Waals surface area contributed by atoms with Crippen molar-refractivity contribution in [1.82, 2.24) is 4.98 Å². The maximum absolute atomic E-state index is 10.9. The molecule has 0 spiro atoms. The van der Waals surface area contributed by atoms with Crippen molar-refractivity contribution in [2.45, 2.75) is 0 Å². The first-order chi connectivity index (χ1) is 8.61. The molecule has 2 aromatic rings. The summed E-state index contributed by atoms with van der Waals surface area (Å²) in [6.07, 6.45) is 0. The van der Waals surface area contributed by atoms with E-state index < -0.39 is 5.97 Å². The fraction of sp³-hybridized carbons (Fsp3) is 0.273. The number of aromatic carboxylic acids is 1. The van der Waals surface area contributed by atoms with Crippen molar-refractivity contribution in [2.24, 2.45) is 0 Å². The van der Waals surface area contributed by atoms with Gasteiger partial charge in [-0.05, 0) is 12.1 Å². The lowest BCUT2D eigenvalue weighted by atomic mass is 10.2. The lowest BCUT2D eigenvalue weighted by Gasteiger charge is -1.99. The van der Waals surface area contributed by atoms with Crippen LogP contribution in [0, 0.1) is 0 Å². The summed E-state index contributed by atoms with van der Waals surface area (Å²) in [6, 6.07) is 3.11. The Morgan fingerprint density at radius 3 is 3.06 bits per heavy atom. The molecule has 1 aromatic carbocycles. The van der Waals surface area contributed by atoms with Gasteiger partial charge in [-0.1, -0.05) is 22.9 Å². The fourth-order valence-electron chi connectivity index (χ4n) is 1.45. The van der Waals surface area contributed by atoms with Gasteiger partial charge in [-0.2, -0.15) is 0 Å². The highest BCUT2D eigenvalue weighted by Gasteiger charge is 2.12. The van der Waals surface area contributed by atoms with Gasteiger partial charge in [-0.3, -0.25) is 0 Å². The van der Waals surface area contributed by atoms with Gasteiger partial charge >= 0.3 is 5.97 Å². The van der Waals surface area contributed by atoms with Crippen LogP contribution in [0.25, 0.3) is 10.2 Å². The molecule has 0 bridgehead atoms. The average molecular weight is 287 g/mol. The number of benzene rings is 1. The first-order valence-corrected chi connectivity index (χ1v) is 6.37. The van der Waals surface area contributed by atoms with Crippen molar-refractivity contribution in [3.8, 4) is 0 Å². The molecular weight excluding hydrogens is 276 g/mol. The topological polar surface area (TPSA) is 71.5 Å². The minimum Gasteiger partial charge on any atom is -0.478 e. The van der Waals surface area contributed by atoms with Crippen LogP contribution in [0.4, 0.5) is 5.13 Å². The summed E-state index contributed by atoms with van der Waals surface area (Å²) in [6.45, 7) is 1.23. The normalized spacial score (nSPS) is 10.8. The number of ether oxygens (including phenoxy) is 1. The van der Waals surface area contributed by atoms with Crippen molar-refractivity contribution >= 4 is 44.3 Å². The second-order valence-corrected chi connectivity index (χ2v) is 4.98. The zero-order valence-electron chi connectivity index (χ0n) is 9.57. The maximum atomic E-state index is 10.9. The number of aromatic nitrogens is 1. The molecule has 96 valence electrons. The van der Waals surface area contributed by atoms with E-state index in [1.165, 1.54) is 17.4 Å². The number of rotatable bonds is 5. The van der Waals surface area contributed by atoms with E-state index in [0.29, 0.717) is 18.7 Å². The van der Waals surface area contributed by atoms with Crippen LogP contribution in [0.2, 0.25) is 5.02 Å². The van der Waals surface area contributed by atoms with Gasteiger partial charge in [0.2, 0.25) is 0 Å². The Bertz CT molecular complexity index is 585. The number of fused-ring (bicyclic) bond motifs is 1. The van der Waals surface area contributed by atoms with Gasteiger partial charge in [0, 0.05) is 13.7 Å². The first kappa shape index (κ1) is 13.1. The maximum Gasteiger partial charge on any atom is 0.337 e. The Morgan fingerprint density at radius 2 is 2.39 bits per heavy atom. The summed E-state index contributed by atoms with van der Waals surface area (Å²) in [5.74, 6) is -1.05. The third kappa shape index (κ3) is 2.72. The number of hydrogen-bond acceptors (Lipinski definition) is 5. The molecule has 0 saturated carbocycles. The highest BCUT2D eigenvalue weighted by molar-refractivity contribution is 7.22. The van der Waals surface area contributed by atoms with E-state index in [-0.39, 0.29) is 10.6 Å². The van der Waals surface area contributed by atoms with Crippen LogP contribution in [0.1, 0.15) is 10.4 Å². The monoisotopic (exact) mass is 286 g/mol. The van der Waals surface area contributed by atoms with Crippen molar-refractivity contribution in [1.29, 1.82) is 0 Å². The number of thiazole rings is 1. The second kappa shape index (κ2) is 5.51. The van der Waals surface area contributed by atoms with E-state index in [2.05, 4.69) is 10.3 Å². The quantitative estimate of drug-likeness (QED) is 0.827. The predicted molar refractivity (Wildman–Crippen MR) is 72.0 cm³/mol. The van der Waals surface area contributed by atoms with Gasteiger partial charge in [-0.15, -0.1) is 0 Å². The van der Waals surface area contributed by atoms with E-state index in [1.807, 2.05) is 0 Å². The molecule has 0 fully saturated rings. The fourth-order valence-corrected chi connectivity index (χ4v) is 2.67. The third-order valence-electron chi connectivity index (χ3n) is 2.29. The average Bonchev–Trinajstić information content (AvgIpc) is 2.69. The van der Waals surface area contributed by atoms with Crippen molar-refractivity contribution in [3.63, 3.8) is 0 Å². The van der Waals surface area contributed by atoms with Gasteiger partial charge in [0.15, 0.2) is 5.13 Å². The summed E-state index contributed by atoms with van der Waals surface area (Å²) in [7, 11) is 1.62. The molecule has 18 heavy (non-hydrogen) atoms. The molecule has 7 heteroatoms. The molecule has 0 unspecified atom stereocenters. The largest absolute Gasteiger partial charge is 0.478 e. The number of nitrogens with one attached hydrogen (secondary N) is 1. The molecule has 2 N–H and O–H groups in total. The van der Waals surface area contributed by atoms with Crippen LogP contribution >= 0.6 is 22.9 Å². The van der Waals surface area contributed by atoms with Gasteiger partial charge in [0.1, 0.15) is 0 Å². The van der Waals surface area contributed by atoms with Gasteiger partial charge in [0.05, 0.1) is 27.4 Å². The molecule has 0 aliphatic heterocycles. The number of hydrogen-bond donors (Lipinski definition) is 2.